The zero-order chi connectivity index (χ0) is 17.8. The van der Waals surface area contributed by atoms with Gasteiger partial charge < -0.3 is 0 Å². The van der Waals surface area contributed by atoms with E-state index in [-0.39, 0.29) is 11.6 Å². The molecule has 4 heterocycles. The average molecular weight is 336 g/mol. The van der Waals surface area contributed by atoms with Gasteiger partial charge in [-0.3, -0.25) is 4.98 Å². The summed E-state index contributed by atoms with van der Waals surface area (Å²) in [5, 5.41) is 10.7. The van der Waals surface area contributed by atoms with Gasteiger partial charge in [0.2, 0.25) is 0 Å². The van der Waals surface area contributed by atoms with Gasteiger partial charge in [-0.25, -0.2) is 9.67 Å². The maximum absolute atomic E-state index is 4.84. The van der Waals surface area contributed by atoms with Crippen LogP contribution in [0.3, 0.4) is 0 Å². The number of aromatic nitrogens is 7. The lowest BCUT2D eigenvalue weighted by atomic mass is 10.1. The average Bonchev–Trinajstić information content (AvgIpc) is 3.16. The highest BCUT2D eigenvalue weighted by atomic mass is 15.4. The van der Waals surface area contributed by atoms with E-state index < -0.39 is 0 Å². The van der Waals surface area contributed by atoms with E-state index in [2.05, 4.69) is 44.6 Å². The van der Waals surface area contributed by atoms with Crippen molar-refractivity contribution in [3.8, 4) is 5.82 Å². The summed E-state index contributed by atoms with van der Waals surface area (Å²) >= 11 is 0. The van der Waals surface area contributed by atoms with E-state index in [9.17, 15) is 0 Å². The van der Waals surface area contributed by atoms with E-state index in [0.29, 0.717) is 0 Å². The summed E-state index contributed by atoms with van der Waals surface area (Å²) in [5.41, 5.74) is 2.55. The maximum atomic E-state index is 4.84. The monoisotopic (exact) mass is 336 g/mol. The van der Waals surface area contributed by atoms with Crippen LogP contribution in [0.15, 0.2) is 37.1 Å². The normalized spacial score (nSPS) is 12.6. The molecule has 0 spiro atoms. The minimum atomic E-state index is -0.109. The molecule has 0 atom stereocenters. The molecule has 4 aromatic heterocycles. The summed E-state index contributed by atoms with van der Waals surface area (Å²) in [6.45, 7) is 10.6. The Morgan fingerprint density at radius 3 is 2.64 bits per heavy atom. The standard InChI is InChI=1S/C18H22N7/c1-12(2)25-15-10-19-7-6-13(15)16(22-25)23-9-8-20-14-11-24(18(3,4)5)21-17(14)23/h6-12H,1-5H3/q+1. The molecule has 0 saturated heterocycles. The first-order valence-electron chi connectivity index (χ1n) is 8.45. The highest BCUT2D eigenvalue weighted by molar-refractivity contribution is 5.84. The predicted octanol–water partition coefficient (Wildman–Crippen LogP) is 2.79. The molecule has 4 aromatic rings. The van der Waals surface area contributed by atoms with Crippen LogP contribution in [-0.4, -0.2) is 29.5 Å². The molecule has 4 rings (SSSR count). The van der Waals surface area contributed by atoms with Gasteiger partial charge in [-0.1, -0.05) is 0 Å². The van der Waals surface area contributed by atoms with E-state index in [1.54, 1.807) is 12.4 Å². The summed E-state index contributed by atoms with van der Waals surface area (Å²) in [7, 11) is 0. The Labute approximate surface area is 145 Å². The van der Waals surface area contributed by atoms with Crippen LogP contribution in [-0.2, 0) is 5.54 Å². The lowest BCUT2D eigenvalue weighted by Gasteiger charge is -2.15. The second-order valence-electron chi connectivity index (χ2n) is 7.51. The Balaban J connectivity index is 2.02. The Morgan fingerprint density at radius 2 is 1.92 bits per heavy atom. The van der Waals surface area contributed by atoms with Crippen molar-refractivity contribution in [3.63, 3.8) is 0 Å². The minimum absolute atomic E-state index is 0.109. The number of pyridine rings is 1. The molecule has 0 saturated carbocycles. The van der Waals surface area contributed by atoms with E-state index >= 15 is 0 Å². The van der Waals surface area contributed by atoms with Crippen LogP contribution in [0, 0.1) is 0 Å². The molecule has 25 heavy (non-hydrogen) atoms. The van der Waals surface area contributed by atoms with Gasteiger partial charge in [-0.15, -0.1) is 0 Å². The highest BCUT2D eigenvalue weighted by Gasteiger charge is 2.26. The Bertz CT molecular complexity index is 1070. The van der Waals surface area contributed by atoms with Crippen LogP contribution in [0.25, 0.3) is 27.9 Å². The summed E-state index contributed by atoms with van der Waals surface area (Å²) in [4.78, 5) is 8.73. The van der Waals surface area contributed by atoms with Gasteiger partial charge in [0.15, 0.2) is 5.52 Å². The molecule has 0 fully saturated rings. The SMILES string of the molecule is CC(C)n1nc(-[n+]2ccnc3cn(C(C)(C)C)nc32)c2ccncc21. The van der Waals surface area contributed by atoms with Gasteiger partial charge in [0.1, 0.15) is 5.52 Å². The van der Waals surface area contributed by atoms with Crippen molar-refractivity contribution >= 4 is 22.1 Å². The van der Waals surface area contributed by atoms with E-state index in [1.165, 1.54) is 0 Å². The number of fused-ring (bicyclic) bond motifs is 2. The topological polar surface area (TPSA) is 65.3 Å². The van der Waals surface area contributed by atoms with Crippen molar-refractivity contribution in [2.45, 2.75) is 46.2 Å². The molecule has 0 amide bonds. The minimum Gasteiger partial charge on any atom is -0.262 e. The van der Waals surface area contributed by atoms with Gasteiger partial charge in [0, 0.05) is 6.20 Å². The van der Waals surface area contributed by atoms with E-state index in [0.717, 1.165) is 27.9 Å². The molecule has 0 aromatic carbocycles. The van der Waals surface area contributed by atoms with Crippen LogP contribution in [0.5, 0.6) is 0 Å². The zero-order valence-electron chi connectivity index (χ0n) is 15.2. The van der Waals surface area contributed by atoms with Crippen LogP contribution >= 0.6 is 0 Å². The molecule has 0 radical (unpaired) electrons. The molecule has 0 unspecified atom stereocenters. The van der Waals surface area contributed by atoms with Crippen molar-refractivity contribution in [1.82, 2.24) is 29.5 Å². The van der Waals surface area contributed by atoms with Crippen molar-refractivity contribution in [3.05, 3.63) is 37.1 Å². The summed E-state index contributed by atoms with van der Waals surface area (Å²) in [6, 6.07) is 2.24. The largest absolute Gasteiger partial charge is 0.318 e. The Kier molecular flexibility index (Phi) is 3.35. The number of nitrogens with zero attached hydrogens (tertiary/aromatic N) is 7. The molecule has 7 heteroatoms. The first-order valence-corrected chi connectivity index (χ1v) is 8.45. The first kappa shape index (κ1) is 15.7. The fourth-order valence-corrected chi connectivity index (χ4v) is 2.92. The molecule has 0 aliphatic carbocycles. The summed E-state index contributed by atoms with van der Waals surface area (Å²) in [6.07, 6.45) is 9.34. The third kappa shape index (κ3) is 2.47. The van der Waals surface area contributed by atoms with Crippen molar-refractivity contribution < 1.29 is 4.57 Å². The lowest BCUT2D eigenvalue weighted by Crippen LogP contribution is -2.33. The number of hydrogen-bond donors (Lipinski definition) is 0. The van der Waals surface area contributed by atoms with Gasteiger partial charge in [0.25, 0.3) is 0 Å². The molecular weight excluding hydrogens is 314 g/mol. The molecule has 0 aliphatic heterocycles. The Morgan fingerprint density at radius 1 is 1.12 bits per heavy atom. The van der Waals surface area contributed by atoms with Crippen molar-refractivity contribution in [2.75, 3.05) is 0 Å². The predicted molar refractivity (Wildman–Crippen MR) is 95.5 cm³/mol. The van der Waals surface area contributed by atoms with Crippen LogP contribution in [0.4, 0.5) is 0 Å². The number of hydrogen-bond acceptors (Lipinski definition) is 4. The highest BCUT2D eigenvalue weighted by Crippen LogP contribution is 2.22. The smallest absolute Gasteiger partial charge is 0.262 e. The van der Waals surface area contributed by atoms with Crippen LogP contribution < -0.4 is 4.57 Å². The third-order valence-corrected chi connectivity index (χ3v) is 4.23. The van der Waals surface area contributed by atoms with Gasteiger partial charge >= 0.3 is 11.5 Å². The molecule has 0 aliphatic rings. The fourth-order valence-electron chi connectivity index (χ4n) is 2.92. The number of rotatable bonds is 2. The molecule has 128 valence electrons. The van der Waals surface area contributed by atoms with Crippen LogP contribution in [0.1, 0.15) is 40.7 Å². The van der Waals surface area contributed by atoms with Crippen molar-refractivity contribution in [2.24, 2.45) is 0 Å². The van der Waals surface area contributed by atoms with Crippen LogP contribution in [0.2, 0.25) is 0 Å². The van der Waals surface area contributed by atoms with Crippen molar-refractivity contribution in [1.29, 1.82) is 0 Å². The Hall–Kier alpha value is -2.83. The summed E-state index contributed by atoms with van der Waals surface area (Å²) in [5.74, 6) is 0.845. The quantitative estimate of drug-likeness (QED) is 0.528. The second kappa shape index (κ2) is 5.34. The zero-order valence-corrected chi connectivity index (χ0v) is 15.2. The van der Waals surface area contributed by atoms with Gasteiger partial charge in [0.05, 0.1) is 41.8 Å². The maximum Gasteiger partial charge on any atom is 0.318 e. The van der Waals surface area contributed by atoms with E-state index in [1.807, 2.05) is 38.6 Å². The fraction of sp³-hybridized carbons (Fsp3) is 0.389. The molecular formula is C18H22N7+. The molecule has 0 N–H and O–H groups in total. The second-order valence-corrected chi connectivity index (χ2v) is 7.51. The van der Waals surface area contributed by atoms with Gasteiger partial charge in [-0.2, -0.15) is 9.25 Å². The van der Waals surface area contributed by atoms with Gasteiger partial charge in [-0.05, 0) is 50.9 Å². The first-order chi connectivity index (χ1) is 11.9. The summed E-state index contributed by atoms with van der Waals surface area (Å²) < 4.78 is 5.95. The lowest BCUT2D eigenvalue weighted by molar-refractivity contribution is -0.572. The molecule has 0 bridgehead atoms. The van der Waals surface area contributed by atoms with E-state index in [4.69, 9.17) is 10.2 Å². The molecule has 7 nitrogen and oxygen atoms in total. The third-order valence-electron chi connectivity index (χ3n) is 4.23.